The Balaban J connectivity index is 3.20. The van der Waals surface area contributed by atoms with Gasteiger partial charge in [0.15, 0.2) is 0 Å². The summed E-state index contributed by atoms with van der Waals surface area (Å²) in [5.41, 5.74) is 0. The van der Waals surface area contributed by atoms with Crippen LogP contribution in [0.5, 0.6) is 0 Å². The Morgan fingerprint density at radius 2 is 2.17 bits per heavy atom. The summed E-state index contributed by atoms with van der Waals surface area (Å²) >= 11 is 3.26. The minimum absolute atomic E-state index is 0.350. The van der Waals surface area contributed by atoms with Crippen molar-refractivity contribution in [3.63, 3.8) is 0 Å². The van der Waals surface area contributed by atoms with E-state index < -0.39 is 0 Å². The minimum Gasteiger partial charge on any atom is -0.106 e. The van der Waals surface area contributed by atoms with Crippen molar-refractivity contribution >= 4 is 15.9 Å². The Kier molecular flexibility index (Phi) is 3.26. The Hall–Kier alpha value is 0.0400. The molecule has 1 heteroatoms. The van der Waals surface area contributed by atoms with Gasteiger partial charge in [-0.05, 0) is 13.8 Å². The van der Waals surface area contributed by atoms with Crippen molar-refractivity contribution in [2.75, 3.05) is 0 Å². The van der Waals surface area contributed by atoms with Crippen molar-refractivity contribution in [1.82, 2.24) is 0 Å². The van der Waals surface area contributed by atoms with E-state index >= 15 is 0 Å². The third-order valence-corrected chi connectivity index (χ3v) is 0.572. The zero-order valence-corrected chi connectivity index (χ0v) is 5.54. The van der Waals surface area contributed by atoms with Gasteiger partial charge >= 0.3 is 0 Å². The van der Waals surface area contributed by atoms with Gasteiger partial charge in [-0.3, -0.25) is 0 Å². The molecule has 1 unspecified atom stereocenters. The molecule has 0 saturated heterocycles. The zero-order chi connectivity index (χ0) is 4.99. The smallest absolute Gasteiger partial charge is 0.0726 e. The van der Waals surface area contributed by atoms with E-state index in [0.717, 1.165) is 0 Å². The van der Waals surface area contributed by atoms with E-state index in [-0.39, 0.29) is 0 Å². The van der Waals surface area contributed by atoms with Crippen LogP contribution in [0, 0.1) is 11.8 Å². The third kappa shape index (κ3) is 4.04. The van der Waals surface area contributed by atoms with Crippen molar-refractivity contribution in [3.05, 3.63) is 0 Å². The molecule has 0 bridgehead atoms. The van der Waals surface area contributed by atoms with E-state index in [2.05, 4.69) is 27.8 Å². The van der Waals surface area contributed by atoms with Crippen LogP contribution >= 0.6 is 15.9 Å². The molecule has 1 atom stereocenters. The van der Waals surface area contributed by atoms with Crippen LogP contribution in [0.25, 0.3) is 0 Å². The number of halogens is 1. The minimum atomic E-state index is 0.350. The maximum Gasteiger partial charge on any atom is 0.0726 e. The average Bonchev–Trinajstić information content (AvgIpc) is 1.35. The molecule has 0 radical (unpaired) electrons. The lowest BCUT2D eigenvalue weighted by molar-refractivity contribution is 1.33. The molecule has 0 rings (SSSR count). The molecular weight excluding hydrogens is 140 g/mol. The summed E-state index contributed by atoms with van der Waals surface area (Å²) in [6, 6.07) is 0. The van der Waals surface area contributed by atoms with Gasteiger partial charge in [-0.2, -0.15) is 0 Å². The van der Waals surface area contributed by atoms with Gasteiger partial charge in [0, 0.05) is 0 Å². The summed E-state index contributed by atoms with van der Waals surface area (Å²) in [6.45, 7) is 3.83. The van der Waals surface area contributed by atoms with Gasteiger partial charge in [-0.25, -0.2) is 0 Å². The molecule has 0 aliphatic heterocycles. The van der Waals surface area contributed by atoms with Crippen molar-refractivity contribution < 1.29 is 0 Å². The molecule has 0 nitrogen and oxygen atoms in total. The monoisotopic (exact) mass is 146 g/mol. The first-order valence-electron chi connectivity index (χ1n) is 1.83. The second-order valence-electron chi connectivity index (χ2n) is 1.01. The molecule has 0 aromatic rings. The second-order valence-corrected chi connectivity index (χ2v) is 2.38. The number of rotatable bonds is 0. The van der Waals surface area contributed by atoms with Crippen LogP contribution in [-0.4, -0.2) is 4.83 Å². The van der Waals surface area contributed by atoms with Crippen molar-refractivity contribution in [1.29, 1.82) is 0 Å². The Bertz CT molecular complexity index is 73.7. The molecule has 0 amide bonds. The maximum absolute atomic E-state index is 3.26. The van der Waals surface area contributed by atoms with Crippen LogP contribution in [-0.2, 0) is 0 Å². The number of hydrogen-bond donors (Lipinski definition) is 0. The van der Waals surface area contributed by atoms with Crippen LogP contribution in [0.3, 0.4) is 0 Å². The van der Waals surface area contributed by atoms with Crippen LogP contribution in [0.4, 0.5) is 0 Å². The van der Waals surface area contributed by atoms with Gasteiger partial charge in [0.1, 0.15) is 0 Å². The summed E-state index contributed by atoms with van der Waals surface area (Å²) in [5, 5.41) is 0. The average molecular weight is 147 g/mol. The van der Waals surface area contributed by atoms with Crippen molar-refractivity contribution in [3.8, 4) is 11.8 Å². The molecule has 0 aliphatic rings. The molecule has 0 aliphatic carbocycles. The van der Waals surface area contributed by atoms with Gasteiger partial charge in [0.25, 0.3) is 0 Å². The van der Waals surface area contributed by atoms with Crippen molar-refractivity contribution in [2.24, 2.45) is 0 Å². The van der Waals surface area contributed by atoms with E-state index in [4.69, 9.17) is 0 Å². The predicted molar refractivity (Wildman–Crippen MR) is 31.8 cm³/mol. The lowest BCUT2D eigenvalue weighted by Crippen LogP contribution is -1.77. The largest absolute Gasteiger partial charge is 0.106 e. The van der Waals surface area contributed by atoms with Crippen LogP contribution in [0.2, 0.25) is 0 Å². The molecule has 0 saturated carbocycles. The first-order chi connectivity index (χ1) is 2.77. The van der Waals surface area contributed by atoms with Crippen LogP contribution < -0.4 is 0 Å². The van der Waals surface area contributed by atoms with Crippen LogP contribution in [0.15, 0.2) is 0 Å². The SMILES string of the molecule is CC#CC(C)Br. The van der Waals surface area contributed by atoms with Crippen molar-refractivity contribution in [2.45, 2.75) is 18.7 Å². The summed E-state index contributed by atoms with van der Waals surface area (Å²) in [5.74, 6) is 5.65. The Labute approximate surface area is 47.1 Å². The summed E-state index contributed by atoms with van der Waals surface area (Å²) in [6.07, 6.45) is 0. The van der Waals surface area contributed by atoms with Gasteiger partial charge in [-0.15, -0.1) is 5.92 Å². The molecule has 0 heterocycles. The molecule has 0 spiro atoms. The predicted octanol–water partition coefficient (Wildman–Crippen LogP) is 1.79. The highest BCUT2D eigenvalue weighted by Gasteiger charge is 1.78. The third-order valence-electron chi connectivity index (χ3n) is 0.343. The van der Waals surface area contributed by atoms with Crippen LogP contribution in [0.1, 0.15) is 13.8 Å². The van der Waals surface area contributed by atoms with E-state index in [1.165, 1.54) is 0 Å². The number of alkyl halides is 1. The molecule has 6 heavy (non-hydrogen) atoms. The normalized spacial score (nSPS) is 11.8. The van der Waals surface area contributed by atoms with E-state index in [0.29, 0.717) is 4.83 Å². The molecule has 0 aromatic heterocycles. The molecule has 0 aromatic carbocycles. The highest BCUT2D eigenvalue weighted by Crippen LogP contribution is 1.91. The standard InChI is InChI=1S/C5H7Br/c1-3-4-5(2)6/h5H,1-2H3. The molecular formula is C5H7Br. The maximum atomic E-state index is 3.26. The fraction of sp³-hybridized carbons (Fsp3) is 0.600. The molecule has 0 fully saturated rings. The quantitative estimate of drug-likeness (QED) is 0.362. The van der Waals surface area contributed by atoms with E-state index in [1.807, 2.05) is 13.8 Å². The van der Waals surface area contributed by atoms with Gasteiger partial charge in [-0.1, -0.05) is 21.9 Å². The highest BCUT2D eigenvalue weighted by atomic mass is 79.9. The van der Waals surface area contributed by atoms with Gasteiger partial charge in [0.2, 0.25) is 0 Å². The Morgan fingerprint density at radius 1 is 1.67 bits per heavy atom. The fourth-order valence-electron chi connectivity index (χ4n) is 0.199. The molecule has 0 N–H and O–H groups in total. The highest BCUT2D eigenvalue weighted by molar-refractivity contribution is 9.09. The lowest BCUT2D eigenvalue weighted by atomic mass is 10.5. The lowest BCUT2D eigenvalue weighted by Gasteiger charge is -1.79. The number of hydrogen-bond acceptors (Lipinski definition) is 0. The second kappa shape index (κ2) is 3.24. The Morgan fingerprint density at radius 3 is 2.17 bits per heavy atom. The van der Waals surface area contributed by atoms with Gasteiger partial charge in [0.05, 0.1) is 4.83 Å². The summed E-state index contributed by atoms with van der Waals surface area (Å²) in [7, 11) is 0. The first-order valence-corrected chi connectivity index (χ1v) is 2.75. The van der Waals surface area contributed by atoms with E-state index in [9.17, 15) is 0 Å². The van der Waals surface area contributed by atoms with E-state index in [1.54, 1.807) is 0 Å². The molecule has 34 valence electrons. The summed E-state index contributed by atoms with van der Waals surface area (Å²) < 4.78 is 0. The van der Waals surface area contributed by atoms with Gasteiger partial charge < -0.3 is 0 Å². The summed E-state index contributed by atoms with van der Waals surface area (Å²) in [4.78, 5) is 0.350. The first kappa shape index (κ1) is 6.04. The zero-order valence-electron chi connectivity index (χ0n) is 3.96. The topological polar surface area (TPSA) is 0 Å². The fourth-order valence-corrected chi connectivity index (χ4v) is 0.428.